The Morgan fingerprint density at radius 3 is 2.43 bits per heavy atom. The molecular weight excluding hydrogens is 356 g/mol. The van der Waals surface area contributed by atoms with E-state index in [0.29, 0.717) is 11.3 Å². The normalized spacial score (nSPS) is 11.6. The van der Waals surface area contributed by atoms with Gasteiger partial charge in [-0.1, -0.05) is 41.1 Å². The van der Waals surface area contributed by atoms with Gasteiger partial charge in [-0.05, 0) is 42.3 Å². The molecule has 1 atom stereocenters. The summed E-state index contributed by atoms with van der Waals surface area (Å²) in [6.07, 6.45) is 0.790. The lowest BCUT2D eigenvalue weighted by molar-refractivity contribution is -0.114. The first kappa shape index (κ1) is 17.2. The summed E-state index contributed by atoms with van der Waals surface area (Å²) in [6.45, 7) is 3.47. The van der Waals surface area contributed by atoms with E-state index in [2.05, 4.69) is 26.6 Å². The van der Waals surface area contributed by atoms with Crippen molar-refractivity contribution in [3.63, 3.8) is 0 Å². The van der Waals surface area contributed by atoms with Gasteiger partial charge in [0.05, 0.1) is 6.04 Å². The minimum Gasteiger partial charge on any atom is -0.345 e. The highest BCUT2D eigenvalue weighted by atomic mass is 79.9. The van der Waals surface area contributed by atoms with Crippen LogP contribution in [0.25, 0.3) is 0 Å². The van der Waals surface area contributed by atoms with Crippen molar-refractivity contribution in [3.8, 4) is 0 Å². The molecule has 1 unspecified atom stereocenters. The maximum atomic E-state index is 12.5. The number of carbonyl (C=O) groups excluding carboxylic acids is 2. The summed E-state index contributed by atoms with van der Waals surface area (Å²) in [6, 6.07) is 14.8. The molecule has 0 bridgehead atoms. The van der Waals surface area contributed by atoms with E-state index in [1.807, 2.05) is 31.2 Å². The summed E-state index contributed by atoms with van der Waals surface area (Å²) in [5, 5.41) is 5.71. The van der Waals surface area contributed by atoms with Gasteiger partial charge in [-0.3, -0.25) is 9.59 Å². The topological polar surface area (TPSA) is 58.2 Å². The summed E-state index contributed by atoms with van der Waals surface area (Å²) in [5.41, 5.74) is 2.19. The third-order valence-corrected chi connectivity index (χ3v) is 3.96. The SMILES string of the molecule is CCC(NC(=O)c1cccc(NC(C)=O)c1)c1ccc(Br)cc1. The van der Waals surface area contributed by atoms with Gasteiger partial charge in [0, 0.05) is 22.6 Å². The van der Waals surface area contributed by atoms with Crippen LogP contribution in [0.1, 0.15) is 42.2 Å². The summed E-state index contributed by atoms with van der Waals surface area (Å²) in [4.78, 5) is 23.6. The van der Waals surface area contributed by atoms with Crippen LogP contribution in [0.4, 0.5) is 5.69 Å². The molecule has 0 radical (unpaired) electrons. The lowest BCUT2D eigenvalue weighted by Crippen LogP contribution is -2.28. The molecule has 0 aromatic heterocycles. The first-order valence-electron chi connectivity index (χ1n) is 7.43. The Kier molecular flexibility index (Phi) is 5.93. The molecule has 0 aliphatic heterocycles. The molecular formula is C18H19BrN2O2. The first-order valence-corrected chi connectivity index (χ1v) is 8.23. The van der Waals surface area contributed by atoms with Gasteiger partial charge in [-0.15, -0.1) is 0 Å². The number of amides is 2. The standard InChI is InChI=1S/C18H19BrN2O2/c1-3-17(13-7-9-15(19)10-8-13)21-18(23)14-5-4-6-16(11-14)20-12(2)22/h4-11,17H,3H2,1-2H3,(H,20,22)(H,21,23). The Bertz CT molecular complexity index is 698. The molecule has 0 aliphatic rings. The second-order valence-corrected chi connectivity index (χ2v) is 6.16. The zero-order valence-corrected chi connectivity index (χ0v) is 14.7. The average Bonchev–Trinajstić information content (AvgIpc) is 2.53. The van der Waals surface area contributed by atoms with E-state index in [-0.39, 0.29) is 17.9 Å². The van der Waals surface area contributed by atoms with Crippen LogP contribution < -0.4 is 10.6 Å². The van der Waals surface area contributed by atoms with E-state index in [4.69, 9.17) is 0 Å². The summed E-state index contributed by atoms with van der Waals surface area (Å²) in [5.74, 6) is -0.323. The number of halogens is 1. The zero-order valence-electron chi connectivity index (χ0n) is 13.1. The van der Waals surface area contributed by atoms with Crippen molar-refractivity contribution in [2.45, 2.75) is 26.3 Å². The number of carbonyl (C=O) groups is 2. The maximum Gasteiger partial charge on any atom is 0.251 e. The molecule has 0 spiro atoms. The average molecular weight is 375 g/mol. The number of hydrogen-bond donors (Lipinski definition) is 2. The fourth-order valence-corrected chi connectivity index (χ4v) is 2.56. The van der Waals surface area contributed by atoms with Crippen LogP contribution in [0.3, 0.4) is 0 Å². The number of benzene rings is 2. The van der Waals surface area contributed by atoms with Crippen molar-refractivity contribution in [1.82, 2.24) is 5.32 Å². The Hall–Kier alpha value is -2.14. The molecule has 0 aliphatic carbocycles. The van der Waals surface area contributed by atoms with Gasteiger partial charge in [-0.25, -0.2) is 0 Å². The van der Waals surface area contributed by atoms with Gasteiger partial charge < -0.3 is 10.6 Å². The first-order chi connectivity index (χ1) is 11.0. The van der Waals surface area contributed by atoms with Gasteiger partial charge in [0.25, 0.3) is 5.91 Å². The number of nitrogens with one attached hydrogen (secondary N) is 2. The van der Waals surface area contributed by atoms with Crippen LogP contribution in [-0.2, 0) is 4.79 Å². The van der Waals surface area contributed by atoms with Crippen LogP contribution in [0, 0.1) is 0 Å². The Labute approximate surface area is 144 Å². The summed E-state index contributed by atoms with van der Waals surface area (Å²) < 4.78 is 1.01. The molecule has 4 nitrogen and oxygen atoms in total. The van der Waals surface area contributed by atoms with E-state index in [1.54, 1.807) is 24.3 Å². The third-order valence-electron chi connectivity index (χ3n) is 3.43. The van der Waals surface area contributed by atoms with Gasteiger partial charge in [-0.2, -0.15) is 0 Å². The van der Waals surface area contributed by atoms with Gasteiger partial charge in [0.1, 0.15) is 0 Å². The van der Waals surface area contributed by atoms with Crippen LogP contribution in [0.2, 0.25) is 0 Å². The van der Waals surface area contributed by atoms with Crippen LogP contribution in [0.5, 0.6) is 0 Å². The third kappa shape index (κ3) is 4.93. The summed E-state index contributed by atoms with van der Waals surface area (Å²) >= 11 is 3.41. The minimum atomic E-state index is -0.163. The lowest BCUT2D eigenvalue weighted by atomic mass is 10.0. The van der Waals surface area contributed by atoms with E-state index >= 15 is 0 Å². The van der Waals surface area contributed by atoms with E-state index < -0.39 is 0 Å². The van der Waals surface area contributed by atoms with E-state index in [9.17, 15) is 9.59 Å². The maximum absolute atomic E-state index is 12.5. The molecule has 0 heterocycles. The Balaban J connectivity index is 2.13. The number of anilines is 1. The van der Waals surface area contributed by atoms with Gasteiger partial charge >= 0.3 is 0 Å². The predicted octanol–water partition coefficient (Wildman–Crippen LogP) is 4.29. The molecule has 0 saturated heterocycles. The molecule has 2 N–H and O–H groups in total. The van der Waals surface area contributed by atoms with Crippen LogP contribution in [-0.4, -0.2) is 11.8 Å². The second kappa shape index (κ2) is 7.92. The zero-order chi connectivity index (χ0) is 16.8. The van der Waals surface area contributed by atoms with Crippen LogP contribution >= 0.6 is 15.9 Å². The number of rotatable bonds is 5. The molecule has 120 valence electrons. The Morgan fingerprint density at radius 2 is 1.83 bits per heavy atom. The molecule has 23 heavy (non-hydrogen) atoms. The molecule has 0 fully saturated rings. The van der Waals surface area contributed by atoms with E-state index in [0.717, 1.165) is 16.5 Å². The lowest BCUT2D eigenvalue weighted by Gasteiger charge is -2.18. The van der Waals surface area contributed by atoms with Crippen molar-refractivity contribution in [1.29, 1.82) is 0 Å². The quantitative estimate of drug-likeness (QED) is 0.819. The molecule has 2 aromatic carbocycles. The molecule has 2 aromatic rings. The van der Waals surface area contributed by atoms with E-state index in [1.165, 1.54) is 6.92 Å². The minimum absolute atomic E-state index is 0.0555. The van der Waals surface area contributed by atoms with Crippen LogP contribution in [0.15, 0.2) is 53.0 Å². The molecule has 5 heteroatoms. The van der Waals surface area contributed by atoms with Gasteiger partial charge in [0.2, 0.25) is 5.91 Å². The Morgan fingerprint density at radius 1 is 1.13 bits per heavy atom. The highest BCUT2D eigenvalue weighted by Crippen LogP contribution is 2.20. The van der Waals surface area contributed by atoms with Crippen molar-refractivity contribution >= 4 is 33.4 Å². The fourth-order valence-electron chi connectivity index (χ4n) is 2.30. The largest absolute Gasteiger partial charge is 0.345 e. The summed E-state index contributed by atoms with van der Waals surface area (Å²) in [7, 11) is 0. The van der Waals surface area contributed by atoms with Gasteiger partial charge in [0.15, 0.2) is 0 Å². The smallest absolute Gasteiger partial charge is 0.251 e. The second-order valence-electron chi connectivity index (χ2n) is 5.25. The van der Waals surface area contributed by atoms with Crippen molar-refractivity contribution < 1.29 is 9.59 Å². The highest BCUT2D eigenvalue weighted by molar-refractivity contribution is 9.10. The van der Waals surface area contributed by atoms with Crippen molar-refractivity contribution in [3.05, 3.63) is 64.1 Å². The molecule has 0 saturated carbocycles. The van der Waals surface area contributed by atoms with Crippen molar-refractivity contribution in [2.75, 3.05) is 5.32 Å². The predicted molar refractivity (Wildman–Crippen MR) is 95.4 cm³/mol. The van der Waals surface area contributed by atoms with Crippen molar-refractivity contribution in [2.24, 2.45) is 0 Å². The fraction of sp³-hybridized carbons (Fsp3) is 0.222. The number of hydrogen-bond acceptors (Lipinski definition) is 2. The molecule has 2 rings (SSSR count). The molecule has 2 amide bonds. The monoisotopic (exact) mass is 374 g/mol. The highest BCUT2D eigenvalue weighted by Gasteiger charge is 2.14.